The maximum absolute atomic E-state index is 13.5. The van der Waals surface area contributed by atoms with Crippen LogP contribution in [0.4, 0.5) is 4.39 Å². The fourth-order valence-electron chi connectivity index (χ4n) is 1.52. The van der Waals surface area contributed by atoms with Gasteiger partial charge in [0.2, 0.25) is 0 Å². The van der Waals surface area contributed by atoms with E-state index in [1.165, 1.54) is 23.9 Å². The van der Waals surface area contributed by atoms with E-state index in [4.69, 9.17) is 10.00 Å². The lowest BCUT2D eigenvalue weighted by Crippen LogP contribution is -1.92. The van der Waals surface area contributed by atoms with Crippen LogP contribution in [-0.4, -0.2) is 6.26 Å². The van der Waals surface area contributed by atoms with Crippen LogP contribution in [0.2, 0.25) is 0 Å². The van der Waals surface area contributed by atoms with Crippen LogP contribution >= 0.6 is 11.8 Å². The van der Waals surface area contributed by atoms with Crippen LogP contribution in [0.25, 0.3) is 0 Å². The minimum Gasteiger partial charge on any atom is -0.453 e. The van der Waals surface area contributed by atoms with Crippen LogP contribution in [0.5, 0.6) is 11.5 Å². The van der Waals surface area contributed by atoms with Crippen LogP contribution in [0, 0.1) is 17.1 Å². The normalized spacial score (nSPS) is 9.83. The highest BCUT2D eigenvalue weighted by molar-refractivity contribution is 7.98. The summed E-state index contributed by atoms with van der Waals surface area (Å²) in [5.74, 6) is 0.0395. The molecule has 0 radical (unpaired) electrons. The number of ether oxygens (including phenoxy) is 1. The molecule has 0 aliphatic carbocycles. The first-order chi connectivity index (χ1) is 8.76. The monoisotopic (exact) mass is 259 g/mol. The van der Waals surface area contributed by atoms with Crippen LogP contribution < -0.4 is 4.74 Å². The lowest BCUT2D eigenvalue weighted by molar-refractivity contribution is 0.440. The van der Waals surface area contributed by atoms with Gasteiger partial charge in [0.1, 0.15) is 17.4 Å². The Kier molecular flexibility index (Phi) is 3.85. The second-order valence-corrected chi connectivity index (χ2v) is 4.33. The second-order valence-electron chi connectivity index (χ2n) is 3.48. The van der Waals surface area contributed by atoms with Crippen LogP contribution in [-0.2, 0) is 0 Å². The van der Waals surface area contributed by atoms with Crippen molar-refractivity contribution in [2.24, 2.45) is 0 Å². The summed E-state index contributed by atoms with van der Waals surface area (Å²) in [6.07, 6.45) is 1.88. The first-order valence-electron chi connectivity index (χ1n) is 5.25. The van der Waals surface area contributed by atoms with Crippen molar-refractivity contribution in [1.29, 1.82) is 5.26 Å². The third-order valence-electron chi connectivity index (χ3n) is 2.38. The number of rotatable bonds is 3. The van der Waals surface area contributed by atoms with Gasteiger partial charge in [-0.15, -0.1) is 11.8 Å². The summed E-state index contributed by atoms with van der Waals surface area (Å²) in [5.41, 5.74) is 0.424. The molecule has 0 aromatic heterocycles. The molecule has 2 nitrogen and oxygen atoms in total. The van der Waals surface area contributed by atoms with E-state index in [0.29, 0.717) is 11.3 Å². The first kappa shape index (κ1) is 12.5. The van der Waals surface area contributed by atoms with Gasteiger partial charge in [0.15, 0.2) is 11.6 Å². The van der Waals surface area contributed by atoms with Crippen LogP contribution in [0.15, 0.2) is 47.4 Å². The maximum atomic E-state index is 13.5. The van der Waals surface area contributed by atoms with Crippen molar-refractivity contribution in [3.8, 4) is 17.6 Å². The predicted octanol–water partition coefficient (Wildman–Crippen LogP) is 4.21. The van der Waals surface area contributed by atoms with Gasteiger partial charge in [-0.2, -0.15) is 5.26 Å². The third-order valence-corrected chi connectivity index (χ3v) is 3.16. The molecule has 2 aromatic rings. The lowest BCUT2D eigenvalue weighted by Gasteiger charge is -2.10. The largest absolute Gasteiger partial charge is 0.453 e. The molecule has 18 heavy (non-hydrogen) atoms. The molecule has 2 aromatic carbocycles. The van der Waals surface area contributed by atoms with Crippen molar-refractivity contribution in [2.75, 3.05) is 6.26 Å². The van der Waals surface area contributed by atoms with E-state index >= 15 is 0 Å². The highest BCUT2D eigenvalue weighted by Gasteiger charge is 2.11. The summed E-state index contributed by atoms with van der Waals surface area (Å²) in [6.45, 7) is 0. The van der Waals surface area contributed by atoms with Crippen molar-refractivity contribution in [2.45, 2.75) is 4.90 Å². The zero-order chi connectivity index (χ0) is 13.0. The summed E-state index contributed by atoms with van der Waals surface area (Å²) in [6, 6.07) is 13.5. The minimum absolute atomic E-state index is 0.118. The second kappa shape index (κ2) is 5.56. The Morgan fingerprint density at radius 2 is 1.83 bits per heavy atom. The Morgan fingerprint density at radius 1 is 1.11 bits per heavy atom. The van der Waals surface area contributed by atoms with Gasteiger partial charge in [0, 0.05) is 4.90 Å². The number of hydrogen-bond donors (Lipinski definition) is 0. The number of hydrogen-bond acceptors (Lipinski definition) is 3. The van der Waals surface area contributed by atoms with Gasteiger partial charge in [-0.25, -0.2) is 4.39 Å². The zero-order valence-corrected chi connectivity index (χ0v) is 10.5. The average molecular weight is 259 g/mol. The molecule has 0 saturated carbocycles. The summed E-state index contributed by atoms with van der Waals surface area (Å²) in [7, 11) is 0. The van der Waals surface area contributed by atoms with E-state index in [2.05, 4.69) is 6.07 Å². The average Bonchev–Trinajstić information content (AvgIpc) is 2.41. The van der Waals surface area contributed by atoms with Crippen LogP contribution in [0.3, 0.4) is 0 Å². The van der Waals surface area contributed by atoms with E-state index in [1.807, 2.05) is 12.3 Å². The minimum atomic E-state index is -0.448. The summed E-state index contributed by atoms with van der Waals surface area (Å²) < 4.78 is 18.9. The molecule has 0 spiro atoms. The Labute approximate surface area is 109 Å². The molecule has 0 atom stereocenters. The molecule has 0 fully saturated rings. The highest BCUT2D eigenvalue weighted by atomic mass is 32.2. The number of nitrogens with zero attached hydrogens (tertiary/aromatic N) is 1. The summed E-state index contributed by atoms with van der Waals surface area (Å²) in [5, 5.41) is 9.14. The van der Waals surface area contributed by atoms with Crippen molar-refractivity contribution in [3.63, 3.8) is 0 Å². The molecule has 4 heteroatoms. The fraction of sp³-hybridized carbons (Fsp3) is 0.0714. The van der Waals surface area contributed by atoms with E-state index in [1.54, 1.807) is 24.3 Å². The Hall–Kier alpha value is -1.99. The van der Waals surface area contributed by atoms with Gasteiger partial charge in [0.25, 0.3) is 0 Å². The quantitative estimate of drug-likeness (QED) is 0.774. The molecule has 0 bridgehead atoms. The standard InChI is InChI=1S/C14H10FNOS/c1-18-14-8-4-7-12(10(14)9-16)17-13-6-3-2-5-11(13)15/h2-8H,1H3. The molecular formula is C14H10FNOS. The molecule has 0 heterocycles. The molecule has 0 aliphatic heterocycles. The molecular weight excluding hydrogens is 249 g/mol. The molecule has 90 valence electrons. The lowest BCUT2D eigenvalue weighted by atomic mass is 10.2. The molecule has 0 aliphatic rings. The molecule has 0 N–H and O–H groups in total. The fourth-order valence-corrected chi connectivity index (χ4v) is 2.09. The van der Waals surface area contributed by atoms with E-state index in [9.17, 15) is 4.39 Å². The van der Waals surface area contributed by atoms with Gasteiger partial charge < -0.3 is 4.74 Å². The molecule has 2 rings (SSSR count). The van der Waals surface area contributed by atoms with Crippen molar-refractivity contribution >= 4 is 11.8 Å². The molecule has 0 amide bonds. The number of halogens is 1. The Morgan fingerprint density at radius 3 is 2.50 bits per heavy atom. The van der Waals surface area contributed by atoms with Gasteiger partial charge in [-0.3, -0.25) is 0 Å². The topological polar surface area (TPSA) is 33.0 Å². The predicted molar refractivity (Wildman–Crippen MR) is 69.4 cm³/mol. The number of thioether (sulfide) groups is 1. The SMILES string of the molecule is CSc1cccc(Oc2ccccc2F)c1C#N. The smallest absolute Gasteiger partial charge is 0.165 e. The summed E-state index contributed by atoms with van der Waals surface area (Å²) >= 11 is 1.45. The summed E-state index contributed by atoms with van der Waals surface area (Å²) in [4.78, 5) is 0.811. The molecule has 0 unspecified atom stereocenters. The van der Waals surface area contributed by atoms with E-state index < -0.39 is 5.82 Å². The third kappa shape index (κ3) is 2.47. The highest BCUT2D eigenvalue weighted by Crippen LogP contribution is 2.32. The van der Waals surface area contributed by atoms with Gasteiger partial charge in [0.05, 0.1) is 0 Å². The molecule has 0 saturated heterocycles. The van der Waals surface area contributed by atoms with Crippen molar-refractivity contribution in [3.05, 3.63) is 53.8 Å². The Bertz CT molecular complexity index is 607. The van der Waals surface area contributed by atoms with Crippen molar-refractivity contribution in [1.82, 2.24) is 0 Å². The van der Waals surface area contributed by atoms with Crippen molar-refractivity contribution < 1.29 is 9.13 Å². The van der Waals surface area contributed by atoms with E-state index in [-0.39, 0.29) is 5.75 Å². The van der Waals surface area contributed by atoms with E-state index in [0.717, 1.165) is 4.90 Å². The first-order valence-corrected chi connectivity index (χ1v) is 6.48. The number of para-hydroxylation sites is 1. The Balaban J connectivity index is 2.42. The van der Waals surface area contributed by atoms with Gasteiger partial charge in [-0.1, -0.05) is 18.2 Å². The maximum Gasteiger partial charge on any atom is 0.165 e. The number of benzene rings is 2. The van der Waals surface area contributed by atoms with Gasteiger partial charge in [-0.05, 0) is 30.5 Å². The van der Waals surface area contributed by atoms with Crippen LogP contribution in [0.1, 0.15) is 5.56 Å². The van der Waals surface area contributed by atoms with Gasteiger partial charge >= 0.3 is 0 Å². The number of nitriles is 1. The zero-order valence-electron chi connectivity index (χ0n) is 9.68.